The Labute approximate surface area is 125 Å². The van der Waals surface area contributed by atoms with Crippen LogP contribution in [0.1, 0.15) is 5.56 Å². The van der Waals surface area contributed by atoms with Crippen LogP contribution in [0.2, 0.25) is 0 Å². The van der Waals surface area contributed by atoms with Gasteiger partial charge in [-0.05, 0) is 48.5 Å². The molecule has 0 aliphatic rings. The van der Waals surface area contributed by atoms with Gasteiger partial charge < -0.3 is 15.2 Å². The Morgan fingerprint density at radius 2 is 1.73 bits per heavy atom. The molecule has 2 aromatic rings. The predicted molar refractivity (Wildman–Crippen MR) is 74.3 cm³/mol. The van der Waals surface area contributed by atoms with Crippen molar-refractivity contribution in [2.75, 3.05) is 5.01 Å². The van der Waals surface area contributed by atoms with Crippen molar-refractivity contribution in [3.63, 3.8) is 0 Å². The average Bonchev–Trinajstić information content (AvgIpc) is 2.57. The molecule has 0 saturated heterocycles. The van der Waals surface area contributed by atoms with Gasteiger partial charge in [0.25, 0.3) is 6.47 Å². The number of carbonyl (C=O) groups is 1. The van der Waals surface area contributed by atoms with Gasteiger partial charge >= 0.3 is 0 Å². The Kier molecular flexibility index (Phi) is 4.52. The van der Waals surface area contributed by atoms with Crippen molar-refractivity contribution in [2.24, 2.45) is 5.28 Å². The molecule has 0 aliphatic heterocycles. The normalized spacial score (nSPS) is 10.6. The second-order valence-electron chi connectivity index (χ2n) is 4.02. The van der Waals surface area contributed by atoms with E-state index in [-0.39, 0.29) is 11.4 Å². The number of nitriles is 1. The lowest BCUT2D eigenvalue weighted by atomic mass is 10.2. The van der Waals surface area contributed by atoms with Crippen molar-refractivity contribution in [3.05, 3.63) is 59.3 Å². The molecular weight excluding hydrogens is 288 g/mol. The summed E-state index contributed by atoms with van der Waals surface area (Å²) in [6.45, 7) is 0.288. The molecule has 0 amide bonds. The number of ether oxygens (including phenoxy) is 1. The summed E-state index contributed by atoms with van der Waals surface area (Å²) in [6.07, 6.45) is 0. The summed E-state index contributed by atoms with van der Waals surface area (Å²) in [5.41, 5.74) is 1.18. The standard InChI is InChI=1S/C14H10N4O4/c15-9-11-1-3-12(4-2-11)17(18(21)16-20)13-5-7-14(8-6-13)22-10-19/h1-8,10,20H/b18-16-. The lowest BCUT2D eigenvalue weighted by Crippen LogP contribution is -2.25. The number of nitrogens with zero attached hydrogens (tertiary/aromatic N) is 4. The molecule has 110 valence electrons. The number of hydrogen-bond donors (Lipinski definition) is 1. The first-order chi connectivity index (χ1) is 10.7. The van der Waals surface area contributed by atoms with Crippen molar-refractivity contribution < 1.29 is 19.7 Å². The fraction of sp³-hybridized carbons (Fsp3) is 0. The van der Waals surface area contributed by atoms with Crippen LogP contribution < -0.4 is 9.75 Å². The zero-order valence-electron chi connectivity index (χ0n) is 11.2. The molecule has 0 saturated carbocycles. The molecular formula is C14H10N4O4. The molecule has 1 N–H and O–H groups in total. The van der Waals surface area contributed by atoms with E-state index in [0.29, 0.717) is 22.7 Å². The second kappa shape index (κ2) is 6.71. The summed E-state index contributed by atoms with van der Waals surface area (Å²) >= 11 is 0. The van der Waals surface area contributed by atoms with Crippen LogP contribution in [0.25, 0.3) is 0 Å². The van der Waals surface area contributed by atoms with Crippen LogP contribution in [0.5, 0.6) is 5.75 Å². The molecule has 0 spiro atoms. The van der Waals surface area contributed by atoms with Crippen molar-refractivity contribution in [3.8, 4) is 11.8 Å². The molecule has 2 rings (SSSR count). The third-order valence-electron chi connectivity index (χ3n) is 2.75. The van der Waals surface area contributed by atoms with E-state index in [2.05, 4.69) is 10.0 Å². The predicted octanol–water partition coefficient (Wildman–Crippen LogP) is 2.50. The molecule has 0 bridgehead atoms. The lowest BCUT2D eigenvalue weighted by molar-refractivity contribution is -0.558. The molecule has 0 aromatic heterocycles. The quantitative estimate of drug-likeness (QED) is 0.393. The van der Waals surface area contributed by atoms with Gasteiger partial charge in [-0.15, -0.1) is 0 Å². The SMILES string of the molecule is N#Cc1ccc(N(c2ccc(OC=O)cc2)/[N+]([O-])=N/O)cc1. The Bertz CT molecular complexity index is 720. The summed E-state index contributed by atoms with van der Waals surface area (Å²) in [5.74, 6) is 0.303. The summed E-state index contributed by atoms with van der Waals surface area (Å²) in [4.78, 5) is 10.2. The molecule has 2 aromatic carbocycles. The van der Waals surface area contributed by atoms with Gasteiger partial charge in [-0.3, -0.25) is 4.79 Å². The largest absolute Gasteiger partial charge is 0.568 e. The Hall–Kier alpha value is -3.60. The highest BCUT2D eigenvalue weighted by Gasteiger charge is 2.19. The van der Waals surface area contributed by atoms with Crippen LogP contribution in [0.4, 0.5) is 11.4 Å². The molecule has 22 heavy (non-hydrogen) atoms. The number of benzene rings is 2. The second-order valence-corrected chi connectivity index (χ2v) is 4.02. The van der Waals surface area contributed by atoms with Gasteiger partial charge in [-0.2, -0.15) is 5.26 Å². The summed E-state index contributed by atoms with van der Waals surface area (Å²) in [6, 6.07) is 14.0. The van der Waals surface area contributed by atoms with Crippen molar-refractivity contribution >= 4 is 17.8 Å². The number of hydrogen-bond acceptors (Lipinski definition) is 5. The van der Waals surface area contributed by atoms with Gasteiger partial charge in [-0.25, -0.2) is 0 Å². The highest BCUT2D eigenvalue weighted by Crippen LogP contribution is 2.27. The maximum atomic E-state index is 11.8. The molecule has 0 heterocycles. The van der Waals surface area contributed by atoms with Crippen LogP contribution in [-0.2, 0) is 4.79 Å². The van der Waals surface area contributed by atoms with E-state index in [1.54, 1.807) is 0 Å². The third-order valence-corrected chi connectivity index (χ3v) is 2.75. The monoisotopic (exact) mass is 298 g/mol. The third kappa shape index (κ3) is 3.10. The van der Waals surface area contributed by atoms with Crippen LogP contribution in [-0.4, -0.2) is 16.6 Å². The van der Waals surface area contributed by atoms with E-state index in [0.717, 1.165) is 5.01 Å². The van der Waals surface area contributed by atoms with Crippen LogP contribution in [0.3, 0.4) is 0 Å². The molecule has 8 heteroatoms. The number of rotatable bonds is 5. The van der Waals surface area contributed by atoms with E-state index in [9.17, 15) is 10.0 Å². The minimum Gasteiger partial charge on any atom is -0.568 e. The van der Waals surface area contributed by atoms with Crippen molar-refractivity contribution in [1.29, 1.82) is 5.26 Å². The first-order valence-electron chi connectivity index (χ1n) is 6.02. The zero-order chi connectivity index (χ0) is 15.9. The highest BCUT2D eigenvalue weighted by molar-refractivity contribution is 5.62. The number of anilines is 2. The molecule has 0 radical (unpaired) electrons. The van der Waals surface area contributed by atoms with Crippen molar-refractivity contribution in [1.82, 2.24) is 0 Å². The Morgan fingerprint density at radius 3 is 2.18 bits per heavy atom. The summed E-state index contributed by atoms with van der Waals surface area (Å²) in [7, 11) is 0. The molecule has 0 aliphatic carbocycles. The first kappa shape index (κ1) is 14.8. The number of hydrazine groups is 1. The van der Waals surface area contributed by atoms with Gasteiger partial charge in [0.1, 0.15) is 17.1 Å². The van der Waals surface area contributed by atoms with E-state index in [1.807, 2.05) is 6.07 Å². The fourth-order valence-electron chi connectivity index (χ4n) is 1.79. The highest BCUT2D eigenvalue weighted by atomic mass is 16.6. The van der Waals surface area contributed by atoms with Crippen LogP contribution in [0.15, 0.2) is 53.8 Å². The minimum absolute atomic E-state index is 0.0169. The fourth-order valence-corrected chi connectivity index (χ4v) is 1.79. The van der Waals surface area contributed by atoms with Gasteiger partial charge in [0, 0.05) is 0 Å². The van der Waals surface area contributed by atoms with E-state index >= 15 is 0 Å². The van der Waals surface area contributed by atoms with E-state index in [1.165, 1.54) is 48.5 Å². The minimum atomic E-state index is -0.0169. The molecule has 0 atom stereocenters. The Morgan fingerprint density at radius 1 is 1.18 bits per heavy atom. The van der Waals surface area contributed by atoms with Crippen molar-refractivity contribution in [2.45, 2.75) is 0 Å². The van der Waals surface area contributed by atoms with Gasteiger partial charge in [-0.1, -0.05) is 5.01 Å². The maximum absolute atomic E-state index is 11.8. The summed E-state index contributed by atoms with van der Waals surface area (Å²) < 4.78 is 4.66. The van der Waals surface area contributed by atoms with Crippen LogP contribution >= 0.6 is 0 Å². The molecule has 0 fully saturated rings. The van der Waals surface area contributed by atoms with Gasteiger partial charge in [0.05, 0.1) is 16.6 Å². The topological polar surface area (TPSA) is 112 Å². The van der Waals surface area contributed by atoms with Gasteiger partial charge in [0.15, 0.2) is 0 Å². The lowest BCUT2D eigenvalue weighted by Gasteiger charge is -2.17. The zero-order valence-corrected chi connectivity index (χ0v) is 11.2. The number of carbonyl (C=O) groups excluding carboxylic acids is 1. The van der Waals surface area contributed by atoms with E-state index < -0.39 is 0 Å². The Balaban J connectivity index is 2.41. The van der Waals surface area contributed by atoms with Crippen LogP contribution in [0, 0.1) is 16.5 Å². The first-order valence-corrected chi connectivity index (χ1v) is 6.02. The molecule has 0 unspecified atom stereocenters. The molecule has 8 nitrogen and oxygen atoms in total. The average molecular weight is 298 g/mol. The van der Waals surface area contributed by atoms with Gasteiger partial charge in [0.2, 0.25) is 5.28 Å². The smallest absolute Gasteiger partial charge is 0.298 e. The maximum Gasteiger partial charge on any atom is 0.298 e. The summed E-state index contributed by atoms with van der Waals surface area (Å²) in [5, 5.41) is 32.9. The van der Waals surface area contributed by atoms with E-state index in [4.69, 9.17) is 10.5 Å².